The number of carbonyl (C=O) groups excluding carboxylic acids is 1. The van der Waals surface area contributed by atoms with Gasteiger partial charge in [0.1, 0.15) is 0 Å². The Kier molecular flexibility index (Phi) is 7.87. The van der Waals surface area contributed by atoms with Crippen molar-refractivity contribution in [1.29, 1.82) is 5.41 Å². The zero-order chi connectivity index (χ0) is 27.9. The van der Waals surface area contributed by atoms with Crippen LogP contribution in [0.5, 0.6) is 0 Å². The minimum absolute atomic E-state index is 0.0475. The first-order valence-electron chi connectivity index (χ1n) is 15.6. The van der Waals surface area contributed by atoms with E-state index < -0.39 is 0 Å². The molecule has 6 aliphatic rings. The maximum absolute atomic E-state index is 12.8. The first-order valence-corrected chi connectivity index (χ1v) is 15.6. The molecule has 40 heavy (non-hydrogen) atoms. The number of nitrogens with zero attached hydrogens (tertiary/aromatic N) is 6. The van der Waals surface area contributed by atoms with E-state index in [2.05, 4.69) is 53.8 Å². The summed E-state index contributed by atoms with van der Waals surface area (Å²) in [4.78, 5) is 25.0. The summed E-state index contributed by atoms with van der Waals surface area (Å²) < 4.78 is 6.49. The summed E-state index contributed by atoms with van der Waals surface area (Å²) in [5.41, 5.74) is 3.17. The Morgan fingerprint density at radius 2 is 1.90 bits per heavy atom. The zero-order valence-electron chi connectivity index (χ0n) is 24.6. The summed E-state index contributed by atoms with van der Waals surface area (Å²) >= 11 is 0. The second-order valence-corrected chi connectivity index (χ2v) is 12.8. The van der Waals surface area contributed by atoms with Gasteiger partial charge in [0.2, 0.25) is 5.91 Å². The zero-order valence-corrected chi connectivity index (χ0v) is 24.6. The Morgan fingerprint density at radius 3 is 2.52 bits per heavy atom. The van der Waals surface area contributed by atoms with E-state index >= 15 is 0 Å². The third-order valence-electron chi connectivity index (χ3n) is 10.2. The molecule has 0 radical (unpaired) electrons. The lowest BCUT2D eigenvalue weighted by Gasteiger charge is -2.46. The van der Waals surface area contributed by atoms with E-state index in [1.165, 1.54) is 11.4 Å². The minimum Gasteiger partial charge on any atom is -0.374 e. The fraction of sp³-hybridized carbons (Fsp3) is 0.742. The van der Waals surface area contributed by atoms with Crippen molar-refractivity contribution in [3.8, 4) is 0 Å². The molecule has 5 aliphatic heterocycles. The lowest BCUT2D eigenvalue weighted by Crippen LogP contribution is -2.53. The molecule has 1 N–H and O–H groups in total. The summed E-state index contributed by atoms with van der Waals surface area (Å²) in [6.07, 6.45) is 13.3. The van der Waals surface area contributed by atoms with Crippen LogP contribution in [0.15, 0.2) is 34.0 Å². The van der Waals surface area contributed by atoms with Gasteiger partial charge < -0.3 is 24.8 Å². The number of likely N-dealkylation sites (tertiary alicyclic amines) is 1. The molecule has 0 aromatic carbocycles. The molecule has 1 aliphatic carbocycles. The fourth-order valence-electron chi connectivity index (χ4n) is 7.68. The summed E-state index contributed by atoms with van der Waals surface area (Å²) in [5, 5.41) is 14.7. The van der Waals surface area contributed by atoms with Crippen molar-refractivity contribution in [3.05, 3.63) is 23.9 Å². The van der Waals surface area contributed by atoms with Crippen LogP contribution >= 0.6 is 0 Å². The van der Waals surface area contributed by atoms with Crippen LogP contribution in [-0.2, 0) is 9.53 Å². The van der Waals surface area contributed by atoms with Gasteiger partial charge in [-0.05, 0) is 65.0 Å². The first kappa shape index (κ1) is 27.6. The molecular weight excluding hydrogens is 502 g/mol. The Hall–Kier alpha value is -2.52. The number of piperidine rings is 1. The van der Waals surface area contributed by atoms with Crippen LogP contribution in [0.25, 0.3) is 0 Å². The van der Waals surface area contributed by atoms with Crippen molar-refractivity contribution in [2.75, 3.05) is 59.0 Å². The van der Waals surface area contributed by atoms with Crippen molar-refractivity contribution in [1.82, 2.24) is 19.7 Å². The quantitative estimate of drug-likeness (QED) is 0.528. The Bertz CT molecular complexity index is 1090. The Morgan fingerprint density at radius 1 is 1.15 bits per heavy atom. The van der Waals surface area contributed by atoms with Gasteiger partial charge in [-0.2, -0.15) is 5.10 Å². The average molecular weight is 550 g/mol. The number of dihydropyridines is 1. The largest absolute Gasteiger partial charge is 0.374 e. The number of allylic oxidation sites excluding steroid dienone is 2. The number of hydrogen-bond donors (Lipinski definition) is 1. The number of fused-ring (bicyclic) bond motifs is 1. The van der Waals surface area contributed by atoms with Gasteiger partial charge in [0.25, 0.3) is 0 Å². The van der Waals surface area contributed by atoms with Gasteiger partial charge in [-0.25, -0.2) is 0 Å². The molecule has 3 unspecified atom stereocenters. The standard InChI is InChI=1S/C31H47N7O2/c1-4-40-31(8-11-35(12-9-31)22(2)3)25-5-6-27(33-20-25)24-19-29-28(7-10-34-38(29)21-24)36-13-15-37(16-14-36)30(39)23-17-26(32)18-23/h5-7,10,22-25,29,32H,4,8-9,11-21H2,1-3H3. The Labute approximate surface area is 239 Å². The number of nitrogens with one attached hydrogen (secondary N) is 1. The topological polar surface area (TPSA) is 87.8 Å². The lowest BCUT2D eigenvalue weighted by molar-refractivity contribution is -0.137. The number of aliphatic imine (C=N–C) groups is 1. The van der Waals surface area contributed by atoms with Crippen molar-refractivity contribution in [2.45, 2.75) is 70.6 Å². The molecule has 218 valence electrons. The summed E-state index contributed by atoms with van der Waals surface area (Å²) in [5.74, 6) is 1.01. The maximum Gasteiger partial charge on any atom is 0.226 e. The highest BCUT2D eigenvalue weighted by molar-refractivity contribution is 5.98. The fourth-order valence-corrected chi connectivity index (χ4v) is 7.68. The third-order valence-corrected chi connectivity index (χ3v) is 10.2. The predicted octanol–water partition coefficient (Wildman–Crippen LogP) is 3.04. The molecule has 3 saturated heterocycles. The lowest BCUT2D eigenvalue weighted by atomic mass is 9.77. The molecule has 9 nitrogen and oxygen atoms in total. The van der Waals surface area contributed by atoms with Gasteiger partial charge in [-0.1, -0.05) is 6.08 Å². The monoisotopic (exact) mass is 549 g/mol. The van der Waals surface area contributed by atoms with E-state index in [0.717, 1.165) is 78.2 Å². The average Bonchev–Trinajstić information content (AvgIpc) is 3.40. The van der Waals surface area contributed by atoms with Gasteiger partial charge in [0.05, 0.1) is 11.6 Å². The first-order chi connectivity index (χ1) is 19.4. The summed E-state index contributed by atoms with van der Waals surface area (Å²) in [6, 6.07) is 0.858. The van der Waals surface area contributed by atoms with E-state index in [1.807, 2.05) is 11.1 Å². The predicted molar refractivity (Wildman–Crippen MR) is 159 cm³/mol. The van der Waals surface area contributed by atoms with Gasteiger partial charge in [0, 0.05) is 106 Å². The van der Waals surface area contributed by atoms with Crippen LogP contribution < -0.4 is 0 Å². The Balaban J connectivity index is 1.05. The summed E-state index contributed by atoms with van der Waals surface area (Å²) in [7, 11) is 0. The molecule has 0 bridgehead atoms. The molecular formula is C31H47N7O2. The van der Waals surface area contributed by atoms with Crippen molar-refractivity contribution in [3.63, 3.8) is 0 Å². The van der Waals surface area contributed by atoms with Gasteiger partial charge in [0.15, 0.2) is 0 Å². The molecule has 0 aromatic rings. The van der Waals surface area contributed by atoms with Crippen LogP contribution in [0.4, 0.5) is 0 Å². The minimum atomic E-state index is -0.0943. The molecule has 6 rings (SSSR count). The number of hydrazone groups is 1. The van der Waals surface area contributed by atoms with E-state index in [-0.39, 0.29) is 23.5 Å². The molecule has 5 heterocycles. The summed E-state index contributed by atoms with van der Waals surface area (Å²) in [6.45, 7) is 14.6. The van der Waals surface area contributed by atoms with Crippen LogP contribution in [0.2, 0.25) is 0 Å². The number of hydrogen-bond acceptors (Lipinski definition) is 8. The second-order valence-electron chi connectivity index (χ2n) is 12.8. The highest BCUT2D eigenvalue weighted by Crippen LogP contribution is 2.39. The highest BCUT2D eigenvalue weighted by Gasteiger charge is 2.44. The second kappa shape index (κ2) is 11.4. The maximum atomic E-state index is 12.8. The van der Waals surface area contributed by atoms with E-state index in [1.54, 1.807) is 0 Å². The van der Waals surface area contributed by atoms with Gasteiger partial charge in [-0.15, -0.1) is 0 Å². The number of rotatable bonds is 7. The smallest absolute Gasteiger partial charge is 0.226 e. The van der Waals surface area contributed by atoms with Crippen LogP contribution in [0, 0.1) is 23.2 Å². The number of ether oxygens (including phenoxy) is 1. The van der Waals surface area contributed by atoms with Gasteiger partial charge >= 0.3 is 0 Å². The molecule has 0 aromatic heterocycles. The molecule has 0 spiro atoms. The molecule has 9 heteroatoms. The molecule has 4 fully saturated rings. The van der Waals surface area contributed by atoms with Crippen LogP contribution in [-0.4, -0.2) is 120 Å². The van der Waals surface area contributed by atoms with Crippen molar-refractivity contribution < 1.29 is 9.53 Å². The van der Waals surface area contributed by atoms with E-state index in [0.29, 0.717) is 36.4 Å². The normalized spacial score (nSPS) is 32.2. The van der Waals surface area contributed by atoms with Gasteiger partial charge in [-0.3, -0.25) is 14.8 Å². The van der Waals surface area contributed by atoms with Crippen molar-refractivity contribution in [2.24, 2.45) is 27.8 Å². The van der Waals surface area contributed by atoms with E-state index in [9.17, 15) is 4.79 Å². The number of piperazine rings is 1. The number of carbonyl (C=O) groups is 1. The third kappa shape index (κ3) is 5.27. The SMILES string of the molecule is CCOC1(C2C=CC(C3CC4C(N5CCN(C(=O)C6CC(=N)C6)CC5)=CC=NN4C3)=NC2)CCN(C(C)C)CC1. The molecule has 1 saturated carbocycles. The van der Waals surface area contributed by atoms with Crippen LogP contribution in [0.1, 0.15) is 52.9 Å². The molecule has 3 atom stereocenters. The number of amides is 1. The molecule has 1 amide bonds. The van der Waals surface area contributed by atoms with Crippen LogP contribution in [0.3, 0.4) is 0 Å². The van der Waals surface area contributed by atoms with E-state index in [4.69, 9.17) is 20.2 Å². The highest BCUT2D eigenvalue weighted by atomic mass is 16.5. The van der Waals surface area contributed by atoms with Crippen molar-refractivity contribution >= 4 is 23.5 Å².